The zero-order chi connectivity index (χ0) is 15.1. The molecule has 1 N–H and O–H groups in total. The molecule has 0 spiro atoms. The van der Waals surface area contributed by atoms with E-state index in [0.29, 0.717) is 19.6 Å². The summed E-state index contributed by atoms with van der Waals surface area (Å²) < 4.78 is 5.26. The van der Waals surface area contributed by atoms with Gasteiger partial charge in [0.05, 0.1) is 12.8 Å². The van der Waals surface area contributed by atoms with Gasteiger partial charge in [-0.3, -0.25) is 9.59 Å². The number of carbonyl (C=O) groups is 2. The largest absolute Gasteiger partial charge is 0.467 e. The molecule has 0 bridgehead atoms. The first-order valence-corrected chi connectivity index (χ1v) is 7.72. The number of hydrogen-bond acceptors (Lipinski definition) is 3. The third-order valence-electron chi connectivity index (χ3n) is 4.03. The van der Waals surface area contributed by atoms with Crippen LogP contribution in [0.4, 0.5) is 0 Å². The first-order chi connectivity index (χ1) is 10.2. The van der Waals surface area contributed by atoms with Gasteiger partial charge in [0.15, 0.2) is 0 Å². The second-order valence-corrected chi connectivity index (χ2v) is 5.65. The van der Waals surface area contributed by atoms with Crippen molar-refractivity contribution in [1.29, 1.82) is 0 Å². The Kier molecular flexibility index (Phi) is 5.84. The summed E-state index contributed by atoms with van der Waals surface area (Å²) in [6.07, 6.45) is 7.12. The lowest BCUT2D eigenvalue weighted by molar-refractivity contribution is -0.131. The molecule has 1 aromatic rings. The topological polar surface area (TPSA) is 62.6 Å². The molecule has 0 aromatic carbocycles. The van der Waals surface area contributed by atoms with Crippen molar-refractivity contribution in [2.75, 3.05) is 13.1 Å². The Hall–Kier alpha value is -1.78. The lowest BCUT2D eigenvalue weighted by Gasteiger charge is -2.23. The first-order valence-electron chi connectivity index (χ1n) is 7.72. The molecule has 1 aliphatic carbocycles. The molecule has 2 amide bonds. The van der Waals surface area contributed by atoms with E-state index in [1.165, 1.54) is 13.3 Å². The summed E-state index contributed by atoms with van der Waals surface area (Å²) in [5.41, 5.74) is 0. The lowest BCUT2D eigenvalue weighted by atomic mass is 9.89. The molecule has 2 rings (SSSR count). The van der Waals surface area contributed by atoms with Crippen LogP contribution in [0.2, 0.25) is 0 Å². The highest BCUT2D eigenvalue weighted by Gasteiger charge is 2.21. The molecule has 1 heterocycles. The fourth-order valence-electron chi connectivity index (χ4n) is 2.76. The number of nitrogens with one attached hydrogen (secondary N) is 1. The summed E-state index contributed by atoms with van der Waals surface area (Å²) in [4.78, 5) is 25.3. The molecule has 0 atom stereocenters. The first kappa shape index (κ1) is 15.6. The molecule has 0 unspecified atom stereocenters. The van der Waals surface area contributed by atoms with E-state index in [1.807, 2.05) is 6.07 Å². The summed E-state index contributed by atoms with van der Waals surface area (Å²) in [5.74, 6) is 1.04. The fourth-order valence-corrected chi connectivity index (χ4v) is 2.76. The van der Waals surface area contributed by atoms with Crippen molar-refractivity contribution in [3.05, 3.63) is 24.2 Å². The minimum atomic E-state index is -0.0154. The van der Waals surface area contributed by atoms with Crippen molar-refractivity contribution < 1.29 is 14.0 Å². The van der Waals surface area contributed by atoms with Gasteiger partial charge in [-0.25, -0.2) is 0 Å². The predicted molar refractivity (Wildman–Crippen MR) is 79.4 cm³/mol. The molecule has 116 valence electrons. The zero-order valence-corrected chi connectivity index (χ0v) is 12.6. The average molecular weight is 292 g/mol. The van der Waals surface area contributed by atoms with E-state index < -0.39 is 0 Å². The summed E-state index contributed by atoms with van der Waals surface area (Å²) in [5, 5.41) is 2.95. The summed E-state index contributed by atoms with van der Waals surface area (Å²) in [6.45, 7) is 2.98. The SMILES string of the molecule is CC(=O)N(CCNC(=O)C1CCCCC1)Cc1ccco1. The van der Waals surface area contributed by atoms with Crippen LogP contribution in [0.5, 0.6) is 0 Å². The van der Waals surface area contributed by atoms with Crippen LogP contribution in [0.15, 0.2) is 22.8 Å². The van der Waals surface area contributed by atoms with Gasteiger partial charge in [0, 0.05) is 25.9 Å². The third kappa shape index (κ3) is 4.92. The second kappa shape index (κ2) is 7.86. The smallest absolute Gasteiger partial charge is 0.223 e. The number of nitrogens with zero attached hydrogens (tertiary/aromatic N) is 1. The number of furan rings is 1. The van der Waals surface area contributed by atoms with Gasteiger partial charge in [0.2, 0.25) is 11.8 Å². The van der Waals surface area contributed by atoms with E-state index in [2.05, 4.69) is 5.32 Å². The molecular formula is C16H24N2O3. The van der Waals surface area contributed by atoms with E-state index >= 15 is 0 Å². The molecule has 0 saturated heterocycles. The number of carbonyl (C=O) groups excluding carboxylic acids is 2. The Morgan fingerprint density at radius 1 is 1.33 bits per heavy atom. The predicted octanol–water partition coefficient (Wildman–Crippen LogP) is 2.32. The molecule has 0 radical (unpaired) electrons. The van der Waals surface area contributed by atoms with Crippen molar-refractivity contribution >= 4 is 11.8 Å². The number of amides is 2. The molecular weight excluding hydrogens is 268 g/mol. The minimum Gasteiger partial charge on any atom is -0.467 e. The Labute approximate surface area is 125 Å². The molecule has 1 aromatic heterocycles. The monoisotopic (exact) mass is 292 g/mol. The summed E-state index contributed by atoms with van der Waals surface area (Å²) >= 11 is 0. The van der Waals surface area contributed by atoms with E-state index in [1.54, 1.807) is 17.2 Å². The molecule has 5 heteroatoms. The van der Waals surface area contributed by atoms with Gasteiger partial charge in [-0.15, -0.1) is 0 Å². The van der Waals surface area contributed by atoms with Gasteiger partial charge in [0.1, 0.15) is 5.76 Å². The minimum absolute atomic E-state index is 0.0154. The number of hydrogen-bond donors (Lipinski definition) is 1. The van der Waals surface area contributed by atoms with Gasteiger partial charge >= 0.3 is 0 Å². The normalized spacial score (nSPS) is 15.7. The molecule has 1 aliphatic rings. The Balaban J connectivity index is 1.74. The average Bonchev–Trinajstić information content (AvgIpc) is 3.00. The van der Waals surface area contributed by atoms with Crippen molar-refractivity contribution in [3.8, 4) is 0 Å². The van der Waals surface area contributed by atoms with Crippen molar-refractivity contribution in [2.24, 2.45) is 5.92 Å². The molecule has 1 fully saturated rings. The van der Waals surface area contributed by atoms with Crippen molar-refractivity contribution in [3.63, 3.8) is 0 Å². The van der Waals surface area contributed by atoms with Crippen LogP contribution in [0.25, 0.3) is 0 Å². The Bertz CT molecular complexity index is 450. The Morgan fingerprint density at radius 2 is 2.10 bits per heavy atom. The van der Waals surface area contributed by atoms with Gasteiger partial charge in [-0.1, -0.05) is 19.3 Å². The van der Waals surface area contributed by atoms with Crippen LogP contribution in [0.3, 0.4) is 0 Å². The van der Waals surface area contributed by atoms with Gasteiger partial charge < -0.3 is 14.6 Å². The van der Waals surface area contributed by atoms with E-state index in [0.717, 1.165) is 31.4 Å². The van der Waals surface area contributed by atoms with Gasteiger partial charge in [-0.2, -0.15) is 0 Å². The van der Waals surface area contributed by atoms with Crippen LogP contribution in [-0.2, 0) is 16.1 Å². The molecule has 21 heavy (non-hydrogen) atoms. The van der Waals surface area contributed by atoms with E-state index in [9.17, 15) is 9.59 Å². The van der Waals surface area contributed by atoms with E-state index in [-0.39, 0.29) is 17.7 Å². The van der Waals surface area contributed by atoms with Crippen molar-refractivity contribution in [2.45, 2.75) is 45.6 Å². The summed E-state index contributed by atoms with van der Waals surface area (Å²) in [7, 11) is 0. The van der Waals surface area contributed by atoms with Crippen LogP contribution in [-0.4, -0.2) is 29.8 Å². The van der Waals surface area contributed by atoms with Gasteiger partial charge in [-0.05, 0) is 25.0 Å². The maximum absolute atomic E-state index is 12.0. The van der Waals surface area contributed by atoms with Crippen LogP contribution in [0.1, 0.15) is 44.8 Å². The standard InChI is InChI=1S/C16H24N2O3/c1-13(19)18(12-15-8-5-11-21-15)10-9-17-16(20)14-6-3-2-4-7-14/h5,8,11,14H,2-4,6-7,9-10,12H2,1H3,(H,17,20). The second-order valence-electron chi connectivity index (χ2n) is 5.65. The highest BCUT2D eigenvalue weighted by molar-refractivity contribution is 5.78. The molecule has 5 nitrogen and oxygen atoms in total. The highest BCUT2D eigenvalue weighted by atomic mass is 16.3. The fraction of sp³-hybridized carbons (Fsp3) is 0.625. The van der Waals surface area contributed by atoms with Crippen LogP contribution in [0, 0.1) is 5.92 Å². The van der Waals surface area contributed by atoms with E-state index in [4.69, 9.17) is 4.42 Å². The van der Waals surface area contributed by atoms with Gasteiger partial charge in [0.25, 0.3) is 0 Å². The lowest BCUT2D eigenvalue weighted by Crippen LogP contribution is -2.39. The molecule has 0 aliphatic heterocycles. The summed E-state index contributed by atoms with van der Waals surface area (Å²) in [6, 6.07) is 3.65. The van der Waals surface area contributed by atoms with Crippen LogP contribution >= 0.6 is 0 Å². The maximum atomic E-state index is 12.0. The number of rotatable bonds is 6. The third-order valence-corrected chi connectivity index (χ3v) is 4.03. The highest BCUT2D eigenvalue weighted by Crippen LogP contribution is 2.23. The quantitative estimate of drug-likeness (QED) is 0.875. The zero-order valence-electron chi connectivity index (χ0n) is 12.6. The Morgan fingerprint density at radius 3 is 2.71 bits per heavy atom. The maximum Gasteiger partial charge on any atom is 0.223 e. The van der Waals surface area contributed by atoms with Crippen LogP contribution < -0.4 is 5.32 Å². The van der Waals surface area contributed by atoms with Crippen molar-refractivity contribution in [1.82, 2.24) is 10.2 Å². The molecule has 1 saturated carbocycles.